The zero-order chi connectivity index (χ0) is 39.4. The number of H-pyrrole nitrogens is 2. The molecule has 0 saturated carbocycles. The number of carbonyl (C=O) groups excluding carboxylic acids is 4. The first-order valence-corrected chi connectivity index (χ1v) is 19.1. The Morgan fingerprint density at radius 1 is 0.855 bits per heavy atom. The number of nitrogens with zero attached hydrogens (tertiary/aromatic N) is 4. The van der Waals surface area contributed by atoms with Crippen molar-refractivity contribution in [2.24, 2.45) is 11.8 Å². The van der Waals surface area contributed by atoms with E-state index in [-0.39, 0.29) is 36.2 Å². The fourth-order valence-corrected chi connectivity index (χ4v) is 7.59. The minimum atomic E-state index is -0.711. The van der Waals surface area contributed by atoms with Crippen molar-refractivity contribution in [3.05, 3.63) is 71.6 Å². The van der Waals surface area contributed by atoms with Gasteiger partial charge < -0.3 is 39.9 Å². The number of hydrogen-bond acceptors (Lipinski definition) is 8. The molecule has 2 aromatic carbocycles. The second kappa shape index (κ2) is 16.8. The van der Waals surface area contributed by atoms with Gasteiger partial charge in [0.05, 0.1) is 50.6 Å². The van der Waals surface area contributed by atoms with E-state index in [9.17, 15) is 19.2 Å². The predicted octanol–water partition coefficient (Wildman–Crippen LogP) is 6.20. The van der Waals surface area contributed by atoms with Crippen LogP contribution in [0.4, 0.5) is 9.59 Å². The van der Waals surface area contributed by atoms with Gasteiger partial charge in [0.25, 0.3) is 0 Å². The second-order valence-corrected chi connectivity index (χ2v) is 15.0. The van der Waals surface area contributed by atoms with E-state index < -0.39 is 24.3 Å². The summed E-state index contributed by atoms with van der Waals surface area (Å²) in [7, 11) is 2.58. The third-order valence-corrected chi connectivity index (χ3v) is 10.5. The maximum absolute atomic E-state index is 13.6. The van der Waals surface area contributed by atoms with Crippen molar-refractivity contribution in [1.82, 2.24) is 40.4 Å². The molecule has 3 heterocycles. The quantitative estimate of drug-likeness (QED) is 0.110. The number of aromatic amines is 2. The first kappa shape index (κ1) is 39.0. The minimum Gasteiger partial charge on any atom is -0.453 e. The summed E-state index contributed by atoms with van der Waals surface area (Å²) in [4.78, 5) is 70.8. The SMILES string of the molecule is CCCN(Cc1ncc(-c2ccc3c(c2)Cc2cc(-c4cnc([C@@H]5CCCN5C(=O)[C@@H](NC(=O)OC)C(C)C)[nH]4)ccc2-3)[nH]1)C(=O)[C@@H](NC(=O)OC)C(C)C. The Bertz CT molecular complexity index is 2040. The maximum Gasteiger partial charge on any atom is 0.407 e. The molecule has 3 atom stereocenters. The van der Waals surface area contributed by atoms with Gasteiger partial charge in [-0.05, 0) is 83.0 Å². The van der Waals surface area contributed by atoms with Crippen molar-refractivity contribution >= 4 is 24.0 Å². The van der Waals surface area contributed by atoms with Crippen molar-refractivity contribution in [2.45, 2.75) is 85.0 Å². The lowest BCUT2D eigenvalue weighted by atomic mass is 10.0. The molecule has 0 radical (unpaired) electrons. The molecule has 6 rings (SSSR count). The zero-order valence-corrected chi connectivity index (χ0v) is 32.7. The normalized spacial score (nSPS) is 15.7. The Kier molecular flexibility index (Phi) is 11.9. The largest absolute Gasteiger partial charge is 0.453 e. The predicted molar refractivity (Wildman–Crippen MR) is 208 cm³/mol. The van der Waals surface area contributed by atoms with Crippen LogP contribution in [0.15, 0.2) is 48.8 Å². The number of fused-ring (bicyclic) bond motifs is 3. The van der Waals surface area contributed by atoms with Crippen LogP contribution in [0.25, 0.3) is 33.6 Å². The van der Waals surface area contributed by atoms with E-state index in [0.29, 0.717) is 18.9 Å². The maximum atomic E-state index is 13.6. The van der Waals surface area contributed by atoms with Crippen molar-refractivity contribution in [2.75, 3.05) is 27.3 Å². The number of alkyl carbamates (subject to hydrolysis) is 2. The van der Waals surface area contributed by atoms with Crippen LogP contribution in [0.3, 0.4) is 0 Å². The Morgan fingerprint density at radius 3 is 2.02 bits per heavy atom. The molecule has 1 saturated heterocycles. The summed E-state index contributed by atoms with van der Waals surface area (Å²) < 4.78 is 9.52. The highest BCUT2D eigenvalue weighted by molar-refractivity contribution is 5.87. The number of rotatable bonds is 13. The monoisotopic (exact) mass is 752 g/mol. The lowest BCUT2D eigenvalue weighted by Gasteiger charge is -2.30. The molecule has 55 heavy (non-hydrogen) atoms. The molecule has 1 fully saturated rings. The Hall–Kier alpha value is -5.66. The summed E-state index contributed by atoms with van der Waals surface area (Å²) in [6.07, 6.45) is 5.52. The van der Waals surface area contributed by atoms with Crippen LogP contribution in [0.2, 0.25) is 0 Å². The molecular weight excluding hydrogens is 701 g/mol. The number of methoxy groups -OCH3 is 2. The van der Waals surface area contributed by atoms with E-state index in [1.54, 1.807) is 11.1 Å². The number of ether oxygens (including phenoxy) is 2. The van der Waals surface area contributed by atoms with E-state index in [1.165, 1.54) is 36.5 Å². The van der Waals surface area contributed by atoms with E-state index in [4.69, 9.17) is 14.5 Å². The Balaban J connectivity index is 1.14. The molecule has 14 heteroatoms. The first-order chi connectivity index (χ1) is 26.4. The van der Waals surface area contributed by atoms with Crippen LogP contribution in [0, 0.1) is 11.8 Å². The van der Waals surface area contributed by atoms with Crippen LogP contribution in [-0.2, 0) is 32.0 Å². The molecule has 2 aromatic heterocycles. The standard InChI is InChI=1S/C41H52N8O6/c1-8-15-48(38(50)35(23(2)3)46-40(52)54-6)22-34-42-20-31(44-34)25-11-13-29-27(17-25)19-28-18-26(12-14-30(28)29)32-21-43-37(45-32)33-10-9-16-49(33)39(51)36(24(4)5)47-41(53)55-7/h11-14,17-18,20-21,23-24,33,35-36H,8-10,15-16,19,22H2,1-7H3,(H,42,44)(H,43,45)(H,46,52)(H,47,53)/t33-,35-,36-/m0/s1. The van der Waals surface area contributed by atoms with Gasteiger partial charge in [-0.25, -0.2) is 19.6 Å². The van der Waals surface area contributed by atoms with Crippen LogP contribution in [0.1, 0.15) is 82.7 Å². The topological polar surface area (TPSA) is 175 Å². The van der Waals surface area contributed by atoms with Gasteiger partial charge in [0.15, 0.2) is 0 Å². The molecule has 4 amide bonds. The average Bonchev–Trinajstić information content (AvgIpc) is 4.00. The van der Waals surface area contributed by atoms with Crippen molar-refractivity contribution in [3.63, 3.8) is 0 Å². The van der Waals surface area contributed by atoms with Gasteiger partial charge in [0, 0.05) is 13.1 Å². The fraction of sp³-hybridized carbons (Fsp3) is 0.463. The van der Waals surface area contributed by atoms with Crippen molar-refractivity contribution in [1.29, 1.82) is 0 Å². The highest BCUT2D eigenvalue weighted by atomic mass is 16.5. The van der Waals surface area contributed by atoms with Crippen LogP contribution < -0.4 is 10.6 Å². The summed E-state index contributed by atoms with van der Waals surface area (Å²) >= 11 is 0. The highest BCUT2D eigenvalue weighted by Gasteiger charge is 2.37. The van der Waals surface area contributed by atoms with E-state index in [2.05, 4.69) is 62.0 Å². The van der Waals surface area contributed by atoms with E-state index in [0.717, 1.165) is 54.0 Å². The number of aromatic nitrogens is 4. The number of amides is 4. The van der Waals surface area contributed by atoms with Gasteiger partial charge in [0.2, 0.25) is 11.8 Å². The van der Waals surface area contributed by atoms with Crippen LogP contribution >= 0.6 is 0 Å². The van der Waals surface area contributed by atoms with Gasteiger partial charge in [0.1, 0.15) is 23.7 Å². The number of likely N-dealkylation sites (tertiary alicyclic amines) is 1. The minimum absolute atomic E-state index is 0.107. The molecule has 2 aliphatic rings. The third-order valence-electron chi connectivity index (χ3n) is 10.5. The molecule has 292 valence electrons. The molecule has 14 nitrogen and oxygen atoms in total. The third kappa shape index (κ3) is 8.37. The molecule has 1 aliphatic heterocycles. The number of imidazole rings is 2. The summed E-state index contributed by atoms with van der Waals surface area (Å²) in [6, 6.07) is 11.3. The number of nitrogens with one attached hydrogen (secondary N) is 4. The zero-order valence-electron chi connectivity index (χ0n) is 32.7. The lowest BCUT2D eigenvalue weighted by Crippen LogP contribution is -2.51. The number of benzene rings is 2. The number of carbonyl (C=O) groups is 4. The van der Waals surface area contributed by atoms with Crippen molar-refractivity contribution < 1.29 is 28.7 Å². The molecule has 0 bridgehead atoms. The lowest BCUT2D eigenvalue weighted by molar-refractivity contribution is -0.136. The Morgan fingerprint density at radius 2 is 1.44 bits per heavy atom. The average molecular weight is 753 g/mol. The van der Waals surface area contributed by atoms with E-state index >= 15 is 0 Å². The second-order valence-electron chi connectivity index (χ2n) is 15.0. The number of hydrogen-bond donors (Lipinski definition) is 4. The summed E-state index contributed by atoms with van der Waals surface area (Å²) in [5.74, 6) is 0.843. The van der Waals surface area contributed by atoms with E-state index in [1.807, 2.05) is 45.7 Å². The highest BCUT2D eigenvalue weighted by Crippen LogP contribution is 2.40. The Labute approximate surface area is 321 Å². The first-order valence-electron chi connectivity index (χ1n) is 19.1. The van der Waals surface area contributed by atoms with Gasteiger partial charge in [-0.15, -0.1) is 0 Å². The van der Waals surface area contributed by atoms with Gasteiger partial charge >= 0.3 is 12.2 Å². The molecule has 0 unspecified atom stereocenters. The molecular formula is C41H52N8O6. The van der Waals surface area contributed by atoms with Gasteiger partial charge in [-0.3, -0.25) is 9.59 Å². The van der Waals surface area contributed by atoms with Crippen LogP contribution in [0.5, 0.6) is 0 Å². The molecule has 0 spiro atoms. The summed E-state index contributed by atoms with van der Waals surface area (Å²) in [5.41, 5.74) is 8.55. The summed E-state index contributed by atoms with van der Waals surface area (Å²) in [6.45, 7) is 11.0. The van der Waals surface area contributed by atoms with Crippen molar-refractivity contribution in [3.8, 4) is 33.6 Å². The molecule has 1 aliphatic carbocycles. The molecule has 4 N–H and O–H groups in total. The molecule has 4 aromatic rings. The smallest absolute Gasteiger partial charge is 0.407 e. The van der Waals surface area contributed by atoms with Gasteiger partial charge in [-0.2, -0.15) is 0 Å². The van der Waals surface area contributed by atoms with Crippen LogP contribution in [-0.4, -0.2) is 93.1 Å². The summed E-state index contributed by atoms with van der Waals surface area (Å²) in [5, 5.41) is 5.38. The van der Waals surface area contributed by atoms with Gasteiger partial charge in [-0.1, -0.05) is 58.9 Å². The fourth-order valence-electron chi connectivity index (χ4n) is 7.59.